The van der Waals surface area contributed by atoms with E-state index in [4.69, 9.17) is 4.74 Å². The average Bonchev–Trinajstić information content (AvgIpc) is 2.63. The molecule has 0 unspecified atom stereocenters. The normalized spacial score (nSPS) is 13.5. The molecule has 164 valence electrons. The van der Waals surface area contributed by atoms with Crippen molar-refractivity contribution in [3.05, 3.63) is 58.2 Å². The van der Waals surface area contributed by atoms with Gasteiger partial charge in [-0.25, -0.2) is 4.79 Å². The largest absolute Gasteiger partial charge is 0.463 e. The van der Waals surface area contributed by atoms with Gasteiger partial charge in [-0.05, 0) is 99.8 Å². The van der Waals surface area contributed by atoms with Gasteiger partial charge in [0.2, 0.25) is 0 Å². The molecule has 0 aromatic heterocycles. The molecular formula is C27H44O2. The smallest absolute Gasteiger partial charge is 0.330 e. The molecule has 2 heteroatoms. The zero-order valence-electron chi connectivity index (χ0n) is 20.1. The van der Waals surface area contributed by atoms with Gasteiger partial charge >= 0.3 is 5.97 Å². The average molecular weight is 401 g/mol. The number of esters is 1. The highest BCUT2D eigenvalue weighted by Gasteiger charge is 1.99. The lowest BCUT2D eigenvalue weighted by Crippen LogP contribution is -2.00. The molecular weight excluding hydrogens is 356 g/mol. The Kier molecular flexibility index (Phi) is 16.0. The Morgan fingerprint density at radius 2 is 1.07 bits per heavy atom. The number of hydrogen-bond donors (Lipinski definition) is 0. The second-order valence-electron chi connectivity index (χ2n) is 8.33. The van der Waals surface area contributed by atoms with E-state index < -0.39 is 0 Å². The van der Waals surface area contributed by atoms with E-state index in [0.717, 1.165) is 50.5 Å². The first kappa shape index (κ1) is 27.2. The van der Waals surface area contributed by atoms with Crippen molar-refractivity contribution < 1.29 is 9.53 Å². The summed E-state index contributed by atoms with van der Waals surface area (Å²) in [7, 11) is 0. The minimum Gasteiger partial charge on any atom is -0.463 e. The molecule has 0 saturated heterocycles. The third kappa shape index (κ3) is 18.0. The summed E-state index contributed by atoms with van der Waals surface area (Å²) < 4.78 is 4.95. The second-order valence-corrected chi connectivity index (χ2v) is 8.33. The molecule has 0 aromatic rings. The Morgan fingerprint density at radius 3 is 1.59 bits per heavy atom. The molecule has 0 N–H and O–H groups in total. The van der Waals surface area contributed by atoms with Gasteiger partial charge in [0.15, 0.2) is 0 Å². The van der Waals surface area contributed by atoms with Crippen molar-refractivity contribution in [1.82, 2.24) is 0 Å². The monoisotopic (exact) mass is 400 g/mol. The lowest BCUT2D eigenvalue weighted by molar-refractivity contribution is -0.137. The fraction of sp³-hybridized carbons (Fsp3) is 0.593. The van der Waals surface area contributed by atoms with Crippen molar-refractivity contribution in [1.29, 1.82) is 0 Å². The van der Waals surface area contributed by atoms with E-state index >= 15 is 0 Å². The second kappa shape index (κ2) is 17.1. The maximum absolute atomic E-state index is 11.4. The van der Waals surface area contributed by atoms with Crippen LogP contribution in [-0.2, 0) is 9.53 Å². The lowest BCUT2D eigenvalue weighted by atomic mass is 10.0. The summed E-state index contributed by atoms with van der Waals surface area (Å²) in [6.07, 6.45) is 19.8. The summed E-state index contributed by atoms with van der Waals surface area (Å²) in [5.74, 6) is -0.231. The van der Waals surface area contributed by atoms with Crippen LogP contribution in [0, 0.1) is 0 Å². The first-order valence-corrected chi connectivity index (χ1v) is 11.2. The minimum absolute atomic E-state index is 0.231. The van der Waals surface area contributed by atoms with Crippen LogP contribution in [0.25, 0.3) is 0 Å². The number of allylic oxidation sites excluding steroid dienone is 9. The Bertz CT molecular complexity index is 623. The molecule has 0 heterocycles. The zero-order valence-corrected chi connectivity index (χ0v) is 20.1. The van der Waals surface area contributed by atoms with E-state index in [-0.39, 0.29) is 5.97 Å². The standard InChI is InChI=1S/C27H44O2/c1-8-29-27(28)21-26(7)20-19-25(6)15-10-9-14-23(4)17-12-18-24(5)16-11-13-22(2)3/h13-15,18,21H,8-12,16-17,19-20H2,1-7H3/b23-14+,24-18+,25-15+,26-21+. The molecule has 0 aromatic carbocycles. The molecule has 2 nitrogen and oxygen atoms in total. The Balaban J connectivity index is 4.11. The van der Waals surface area contributed by atoms with Gasteiger partial charge in [0, 0.05) is 6.08 Å². The molecule has 29 heavy (non-hydrogen) atoms. The van der Waals surface area contributed by atoms with E-state index in [1.165, 1.54) is 28.7 Å². The van der Waals surface area contributed by atoms with Crippen molar-refractivity contribution in [3.63, 3.8) is 0 Å². The van der Waals surface area contributed by atoms with E-state index in [2.05, 4.69) is 58.9 Å². The summed E-state index contributed by atoms with van der Waals surface area (Å²) in [6, 6.07) is 0. The summed E-state index contributed by atoms with van der Waals surface area (Å²) in [5, 5.41) is 0. The molecule has 0 fully saturated rings. The Morgan fingerprint density at radius 1 is 0.621 bits per heavy atom. The third-order valence-electron chi connectivity index (χ3n) is 4.84. The lowest BCUT2D eigenvalue weighted by Gasteiger charge is -2.03. The molecule has 0 bridgehead atoms. The number of rotatable bonds is 14. The zero-order chi connectivity index (χ0) is 22.1. The SMILES string of the molecule is CCOC(=O)/C=C(\C)CC/C(C)=C/CC/C=C(\C)CC/C=C(\C)CCC=C(C)C. The summed E-state index contributed by atoms with van der Waals surface area (Å²) in [6.45, 7) is 15.2. The highest BCUT2D eigenvalue weighted by molar-refractivity contribution is 5.82. The topological polar surface area (TPSA) is 26.3 Å². The van der Waals surface area contributed by atoms with Gasteiger partial charge in [0.1, 0.15) is 0 Å². The molecule has 0 rings (SSSR count). The predicted molar refractivity (Wildman–Crippen MR) is 128 cm³/mol. The van der Waals surface area contributed by atoms with Crippen LogP contribution < -0.4 is 0 Å². The van der Waals surface area contributed by atoms with Crippen LogP contribution in [0.1, 0.15) is 99.8 Å². The van der Waals surface area contributed by atoms with Crippen LogP contribution in [0.2, 0.25) is 0 Å². The molecule has 0 aliphatic rings. The molecule has 0 aliphatic carbocycles. The number of carbonyl (C=O) groups is 1. The van der Waals surface area contributed by atoms with Crippen LogP contribution in [-0.4, -0.2) is 12.6 Å². The fourth-order valence-electron chi connectivity index (χ4n) is 2.95. The van der Waals surface area contributed by atoms with Crippen LogP contribution in [0.15, 0.2) is 58.2 Å². The quantitative estimate of drug-likeness (QED) is 0.127. The summed E-state index contributed by atoms with van der Waals surface area (Å²) in [5.41, 5.74) is 6.86. The van der Waals surface area contributed by atoms with Gasteiger partial charge in [0.05, 0.1) is 6.61 Å². The van der Waals surface area contributed by atoms with Crippen LogP contribution in [0.4, 0.5) is 0 Å². The van der Waals surface area contributed by atoms with Crippen LogP contribution >= 0.6 is 0 Å². The number of carbonyl (C=O) groups excluding carboxylic acids is 1. The van der Waals surface area contributed by atoms with Crippen molar-refractivity contribution >= 4 is 5.97 Å². The fourth-order valence-corrected chi connectivity index (χ4v) is 2.95. The van der Waals surface area contributed by atoms with E-state index in [9.17, 15) is 4.79 Å². The maximum atomic E-state index is 11.4. The van der Waals surface area contributed by atoms with Gasteiger partial charge in [0.25, 0.3) is 0 Å². The minimum atomic E-state index is -0.231. The first-order valence-electron chi connectivity index (χ1n) is 11.2. The predicted octanol–water partition coefficient (Wildman–Crippen LogP) is 8.42. The van der Waals surface area contributed by atoms with Gasteiger partial charge in [-0.1, -0.05) is 52.2 Å². The molecule has 0 saturated carbocycles. The molecule has 0 amide bonds. The van der Waals surface area contributed by atoms with Gasteiger partial charge in [-0.15, -0.1) is 0 Å². The van der Waals surface area contributed by atoms with Crippen molar-refractivity contribution in [2.45, 2.75) is 99.8 Å². The number of hydrogen-bond acceptors (Lipinski definition) is 2. The van der Waals surface area contributed by atoms with Crippen LogP contribution in [0.3, 0.4) is 0 Å². The van der Waals surface area contributed by atoms with E-state index in [1.807, 2.05) is 13.8 Å². The first-order chi connectivity index (χ1) is 13.7. The summed E-state index contributed by atoms with van der Waals surface area (Å²) in [4.78, 5) is 11.4. The van der Waals surface area contributed by atoms with Gasteiger partial charge in [-0.3, -0.25) is 0 Å². The third-order valence-corrected chi connectivity index (χ3v) is 4.84. The molecule has 0 radical (unpaired) electrons. The van der Waals surface area contributed by atoms with Crippen molar-refractivity contribution in [3.8, 4) is 0 Å². The summed E-state index contributed by atoms with van der Waals surface area (Å²) >= 11 is 0. The van der Waals surface area contributed by atoms with Crippen molar-refractivity contribution in [2.24, 2.45) is 0 Å². The van der Waals surface area contributed by atoms with Crippen molar-refractivity contribution in [2.75, 3.05) is 6.61 Å². The molecule has 0 spiro atoms. The Hall–Kier alpha value is -1.83. The van der Waals surface area contributed by atoms with E-state index in [1.54, 1.807) is 6.08 Å². The number of unbranched alkanes of at least 4 members (excludes halogenated alkanes) is 1. The Labute approximate surface area is 180 Å². The van der Waals surface area contributed by atoms with Gasteiger partial charge in [-0.2, -0.15) is 0 Å². The highest BCUT2D eigenvalue weighted by atomic mass is 16.5. The highest BCUT2D eigenvalue weighted by Crippen LogP contribution is 2.14. The van der Waals surface area contributed by atoms with E-state index in [0.29, 0.717) is 6.61 Å². The van der Waals surface area contributed by atoms with Crippen LogP contribution in [0.5, 0.6) is 0 Å². The molecule has 0 aliphatic heterocycles. The maximum Gasteiger partial charge on any atom is 0.330 e. The number of ether oxygens (including phenoxy) is 1. The molecule has 0 atom stereocenters. The van der Waals surface area contributed by atoms with Gasteiger partial charge < -0.3 is 4.74 Å².